The van der Waals surface area contributed by atoms with Crippen LogP contribution in [0.2, 0.25) is 10.0 Å². The van der Waals surface area contributed by atoms with Gasteiger partial charge in [-0.2, -0.15) is 0 Å². The molecule has 8 heteroatoms. The zero-order valence-electron chi connectivity index (χ0n) is 18.9. The number of aromatic nitrogens is 1. The van der Waals surface area contributed by atoms with E-state index in [2.05, 4.69) is 5.32 Å². The molecule has 1 heterocycles. The Balaban J connectivity index is 1.34. The van der Waals surface area contributed by atoms with Crippen molar-refractivity contribution < 1.29 is 14.3 Å². The smallest absolute Gasteiger partial charge is 0.306 e. The number of amides is 1. The normalized spacial score (nSPS) is 17.9. The number of carbonyl (C=O) groups is 2. The molecular weight excluding hydrogens is 491 g/mol. The highest BCUT2D eigenvalue weighted by atomic mass is 35.5. The maximum Gasteiger partial charge on any atom is 0.306 e. The first-order valence-electron chi connectivity index (χ1n) is 11.4. The number of ether oxygens (including phenoxy) is 1. The number of esters is 1. The molecule has 5 nitrogen and oxygen atoms in total. The summed E-state index contributed by atoms with van der Waals surface area (Å²) in [5.74, 6) is 0.492. The second-order valence-electron chi connectivity index (χ2n) is 8.45. The standard InChI is InChI=1S/C26H26Cl2N2O3S/c1-2-33-24(31)13-16-3-5-18(6-4-16)26-29-15-23(34-26)17-7-10-20(11-8-17)30-25(32)21-12-9-19(27)14-22(21)28/h7-12,14-16,18H,2-6,13H2,1H3,(H,30,32). The van der Waals surface area contributed by atoms with E-state index in [-0.39, 0.29) is 11.9 Å². The second-order valence-corrected chi connectivity index (χ2v) is 10.4. The molecule has 3 aromatic rings. The van der Waals surface area contributed by atoms with E-state index in [1.54, 1.807) is 29.5 Å². The van der Waals surface area contributed by atoms with Gasteiger partial charge < -0.3 is 10.1 Å². The van der Waals surface area contributed by atoms with Crippen molar-refractivity contribution in [3.63, 3.8) is 0 Å². The van der Waals surface area contributed by atoms with E-state index >= 15 is 0 Å². The predicted molar refractivity (Wildman–Crippen MR) is 138 cm³/mol. The van der Waals surface area contributed by atoms with Crippen LogP contribution in [-0.4, -0.2) is 23.5 Å². The van der Waals surface area contributed by atoms with Gasteiger partial charge in [0.15, 0.2) is 0 Å². The molecule has 0 radical (unpaired) electrons. The van der Waals surface area contributed by atoms with Crippen LogP contribution in [0.3, 0.4) is 0 Å². The number of halogens is 2. The lowest BCUT2D eigenvalue weighted by molar-refractivity contribution is -0.144. The van der Waals surface area contributed by atoms with Crippen molar-refractivity contribution in [1.82, 2.24) is 4.98 Å². The van der Waals surface area contributed by atoms with Crippen LogP contribution in [-0.2, 0) is 9.53 Å². The van der Waals surface area contributed by atoms with Crippen LogP contribution >= 0.6 is 34.5 Å². The molecule has 1 amide bonds. The molecule has 34 heavy (non-hydrogen) atoms. The second kappa shape index (κ2) is 11.3. The number of nitrogens with one attached hydrogen (secondary N) is 1. The predicted octanol–water partition coefficient (Wildman–Crippen LogP) is 7.60. The Kier molecular flexibility index (Phi) is 8.24. The van der Waals surface area contributed by atoms with Crippen molar-refractivity contribution >= 4 is 52.1 Å². The van der Waals surface area contributed by atoms with Crippen LogP contribution in [0, 0.1) is 5.92 Å². The minimum Gasteiger partial charge on any atom is -0.466 e. The third kappa shape index (κ3) is 6.17. The van der Waals surface area contributed by atoms with Crippen molar-refractivity contribution in [2.24, 2.45) is 5.92 Å². The quantitative estimate of drug-likeness (QED) is 0.328. The Hall–Kier alpha value is -2.41. The largest absolute Gasteiger partial charge is 0.466 e. The van der Waals surface area contributed by atoms with Gasteiger partial charge in [-0.1, -0.05) is 35.3 Å². The summed E-state index contributed by atoms with van der Waals surface area (Å²) in [6, 6.07) is 12.5. The Morgan fingerprint density at radius 1 is 1.09 bits per heavy atom. The molecule has 0 saturated heterocycles. The Morgan fingerprint density at radius 3 is 2.50 bits per heavy atom. The summed E-state index contributed by atoms with van der Waals surface area (Å²) in [7, 11) is 0. The molecule has 1 N–H and O–H groups in total. The number of anilines is 1. The Labute approximate surface area is 213 Å². The molecule has 1 aliphatic rings. The number of benzene rings is 2. The molecule has 4 rings (SSSR count). The van der Waals surface area contributed by atoms with Gasteiger partial charge in [-0.25, -0.2) is 4.98 Å². The zero-order valence-corrected chi connectivity index (χ0v) is 21.2. The fourth-order valence-electron chi connectivity index (χ4n) is 4.27. The summed E-state index contributed by atoms with van der Waals surface area (Å²) < 4.78 is 5.09. The zero-order chi connectivity index (χ0) is 24.1. The number of hydrogen-bond donors (Lipinski definition) is 1. The number of nitrogens with zero attached hydrogens (tertiary/aromatic N) is 1. The van der Waals surface area contributed by atoms with Crippen LogP contribution < -0.4 is 5.32 Å². The van der Waals surface area contributed by atoms with E-state index in [1.807, 2.05) is 37.4 Å². The molecule has 0 unspecified atom stereocenters. The SMILES string of the molecule is CCOC(=O)CC1CCC(c2ncc(-c3ccc(NC(=O)c4ccc(Cl)cc4Cl)cc3)s2)CC1. The lowest BCUT2D eigenvalue weighted by Crippen LogP contribution is -2.17. The van der Waals surface area contributed by atoms with Gasteiger partial charge in [-0.05, 0) is 74.4 Å². The number of carbonyl (C=O) groups excluding carboxylic acids is 2. The molecule has 0 spiro atoms. The molecular formula is C26H26Cl2N2O3S. The van der Waals surface area contributed by atoms with Gasteiger partial charge >= 0.3 is 5.97 Å². The van der Waals surface area contributed by atoms with E-state index in [0.29, 0.717) is 46.2 Å². The lowest BCUT2D eigenvalue weighted by Gasteiger charge is -2.26. The summed E-state index contributed by atoms with van der Waals surface area (Å²) in [6.45, 7) is 2.29. The monoisotopic (exact) mass is 516 g/mol. The van der Waals surface area contributed by atoms with E-state index in [9.17, 15) is 9.59 Å². The third-order valence-electron chi connectivity index (χ3n) is 6.08. The van der Waals surface area contributed by atoms with Crippen LogP contribution in [0.1, 0.15) is 60.3 Å². The van der Waals surface area contributed by atoms with Gasteiger partial charge in [0, 0.05) is 29.2 Å². The molecule has 0 aliphatic heterocycles. The van der Waals surface area contributed by atoms with Gasteiger partial charge in [-0.3, -0.25) is 9.59 Å². The van der Waals surface area contributed by atoms with Gasteiger partial charge in [0.05, 0.1) is 27.1 Å². The summed E-state index contributed by atoms with van der Waals surface area (Å²) in [6.07, 6.45) is 6.61. The molecule has 2 aromatic carbocycles. The highest BCUT2D eigenvalue weighted by Gasteiger charge is 2.26. The molecule has 1 aliphatic carbocycles. The topological polar surface area (TPSA) is 68.3 Å². The van der Waals surface area contributed by atoms with Crippen molar-refractivity contribution in [2.75, 3.05) is 11.9 Å². The van der Waals surface area contributed by atoms with Gasteiger partial charge in [0.2, 0.25) is 0 Å². The summed E-state index contributed by atoms with van der Waals surface area (Å²) >= 11 is 13.8. The van der Waals surface area contributed by atoms with Crippen molar-refractivity contribution in [3.8, 4) is 10.4 Å². The van der Waals surface area contributed by atoms with Crippen LogP contribution in [0.5, 0.6) is 0 Å². The first-order chi connectivity index (χ1) is 16.4. The molecule has 0 bridgehead atoms. The fraction of sp³-hybridized carbons (Fsp3) is 0.346. The average Bonchev–Trinajstić information content (AvgIpc) is 3.30. The van der Waals surface area contributed by atoms with Gasteiger partial charge in [0.25, 0.3) is 5.91 Å². The van der Waals surface area contributed by atoms with E-state index in [1.165, 1.54) is 0 Å². The minimum absolute atomic E-state index is 0.0848. The summed E-state index contributed by atoms with van der Waals surface area (Å²) in [5.41, 5.74) is 2.12. The number of thiazole rings is 1. The molecule has 0 atom stereocenters. The van der Waals surface area contributed by atoms with Gasteiger partial charge in [0.1, 0.15) is 0 Å². The average molecular weight is 517 g/mol. The van der Waals surface area contributed by atoms with E-state index in [4.69, 9.17) is 32.9 Å². The van der Waals surface area contributed by atoms with Crippen molar-refractivity contribution in [3.05, 3.63) is 69.3 Å². The first-order valence-corrected chi connectivity index (χ1v) is 13.0. The first kappa shape index (κ1) is 24.7. The third-order valence-corrected chi connectivity index (χ3v) is 7.84. The Bertz CT molecular complexity index is 1160. The van der Waals surface area contributed by atoms with E-state index < -0.39 is 0 Å². The highest BCUT2D eigenvalue weighted by molar-refractivity contribution is 7.15. The van der Waals surface area contributed by atoms with Crippen LogP contribution in [0.15, 0.2) is 48.7 Å². The summed E-state index contributed by atoms with van der Waals surface area (Å²) in [4.78, 5) is 30.1. The Morgan fingerprint density at radius 2 is 1.82 bits per heavy atom. The molecule has 1 saturated carbocycles. The number of rotatable bonds is 7. The van der Waals surface area contributed by atoms with Crippen molar-refractivity contribution in [2.45, 2.75) is 44.9 Å². The minimum atomic E-state index is -0.284. The molecule has 178 valence electrons. The van der Waals surface area contributed by atoms with Crippen LogP contribution in [0.4, 0.5) is 5.69 Å². The lowest BCUT2D eigenvalue weighted by atomic mass is 9.81. The van der Waals surface area contributed by atoms with Gasteiger partial charge in [-0.15, -0.1) is 11.3 Å². The maximum absolute atomic E-state index is 12.5. The fourth-order valence-corrected chi connectivity index (χ4v) is 5.86. The van der Waals surface area contributed by atoms with Crippen molar-refractivity contribution in [1.29, 1.82) is 0 Å². The highest BCUT2D eigenvalue weighted by Crippen LogP contribution is 2.40. The van der Waals surface area contributed by atoms with E-state index in [0.717, 1.165) is 41.1 Å². The number of hydrogen-bond acceptors (Lipinski definition) is 5. The molecule has 1 fully saturated rings. The maximum atomic E-state index is 12.5. The van der Waals surface area contributed by atoms with Crippen LogP contribution in [0.25, 0.3) is 10.4 Å². The molecule has 1 aromatic heterocycles. The summed E-state index contributed by atoms with van der Waals surface area (Å²) in [5, 5.41) is 4.82.